The van der Waals surface area contributed by atoms with Gasteiger partial charge in [0.1, 0.15) is 6.10 Å². The molecule has 2 rings (SSSR count). The maximum atomic E-state index is 11.4. The van der Waals surface area contributed by atoms with Gasteiger partial charge in [0, 0.05) is 26.3 Å². The predicted octanol–water partition coefficient (Wildman–Crippen LogP) is -0.258. The van der Waals surface area contributed by atoms with Crippen LogP contribution in [0.2, 0.25) is 0 Å². The van der Waals surface area contributed by atoms with Gasteiger partial charge in [-0.3, -0.25) is 4.68 Å². The van der Waals surface area contributed by atoms with Gasteiger partial charge in [0.05, 0.1) is 12.7 Å². The first-order chi connectivity index (χ1) is 7.69. The first kappa shape index (κ1) is 10.9. The molecule has 1 fully saturated rings. The van der Waals surface area contributed by atoms with Crippen LogP contribution in [0.5, 0.6) is 0 Å². The highest BCUT2D eigenvalue weighted by molar-refractivity contribution is 5.69. The topological polar surface area (TPSA) is 73.4 Å². The Morgan fingerprint density at radius 3 is 3.06 bits per heavy atom. The van der Waals surface area contributed by atoms with E-state index in [1.807, 2.05) is 19.4 Å². The van der Waals surface area contributed by atoms with E-state index in [4.69, 9.17) is 10.5 Å². The van der Waals surface area contributed by atoms with Crippen LogP contribution in [0.15, 0.2) is 12.4 Å². The number of hydrogen-bond donors (Lipinski definition) is 1. The third-order valence-electron chi connectivity index (χ3n) is 2.64. The zero-order valence-electron chi connectivity index (χ0n) is 9.30. The monoisotopic (exact) mass is 224 g/mol. The Morgan fingerprint density at radius 2 is 2.50 bits per heavy atom. The van der Waals surface area contributed by atoms with Gasteiger partial charge in [-0.15, -0.1) is 0 Å². The van der Waals surface area contributed by atoms with Gasteiger partial charge >= 0.3 is 6.09 Å². The average molecular weight is 224 g/mol. The SMILES string of the molecule is Cn1cc(CCN2CC(CN)OC2=O)cn1. The lowest BCUT2D eigenvalue weighted by molar-refractivity contribution is 0.135. The Labute approximate surface area is 94.0 Å². The number of hydrogen-bond acceptors (Lipinski definition) is 4. The quantitative estimate of drug-likeness (QED) is 0.765. The van der Waals surface area contributed by atoms with Gasteiger partial charge in [-0.2, -0.15) is 5.10 Å². The molecule has 6 heteroatoms. The molecule has 1 aromatic heterocycles. The summed E-state index contributed by atoms with van der Waals surface area (Å²) in [5, 5.41) is 4.07. The van der Waals surface area contributed by atoms with Crippen molar-refractivity contribution in [3.05, 3.63) is 18.0 Å². The molecule has 0 saturated carbocycles. The summed E-state index contributed by atoms with van der Waals surface area (Å²) in [4.78, 5) is 13.1. The number of nitrogens with zero attached hydrogens (tertiary/aromatic N) is 3. The van der Waals surface area contributed by atoms with Crippen LogP contribution >= 0.6 is 0 Å². The number of rotatable bonds is 4. The lowest BCUT2D eigenvalue weighted by Gasteiger charge is -2.11. The summed E-state index contributed by atoms with van der Waals surface area (Å²) < 4.78 is 6.81. The fourth-order valence-corrected chi connectivity index (χ4v) is 1.74. The molecule has 1 aliphatic rings. The highest BCUT2D eigenvalue weighted by Gasteiger charge is 2.29. The van der Waals surface area contributed by atoms with Gasteiger partial charge in [0.15, 0.2) is 0 Å². The first-order valence-electron chi connectivity index (χ1n) is 5.32. The molecule has 2 heterocycles. The van der Waals surface area contributed by atoms with E-state index in [2.05, 4.69) is 5.10 Å². The lowest BCUT2D eigenvalue weighted by Crippen LogP contribution is -2.29. The largest absolute Gasteiger partial charge is 0.443 e. The highest BCUT2D eigenvalue weighted by Crippen LogP contribution is 2.11. The van der Waals surface area contributed by atoms with E-state index < -0.39 is 0 Å². The van der Waals surface area contributed by atoms with E-state index in [9.17, 15) is 4.79 Å². The van der Waals surface area contributed by atoms with Gasteiger partial charge in [-0.25, -0.2) is 4.79 Å². The molecule has 1 amide bonds. The fourth-order valence-electron chi connectivity index (χ4n) is 1.74. The van der Waals surface area contributed by atoms with Gasteiger partial charge in [0.2, 0.25) is 0 Å². The second-order valence-electron chi connectivity index (χ2n) is 3.96. The molecule has 0 radical (unpaired) electrons. The van der Waals surface area contributed by atoms with Crippen molar-refractivity contribution >= 4 is 6.09 Å². The number of amides is 1. The van der Waals surface area contributed by atoms with Crippen LogP contribution in [-0.2, 0) is 18.2 Å². The van der Waals surface area contributed by atoms with E-state index in [1.165, 1.54) is 0 Å². The molecule has 0 spiro atoms. The molecule has 1 unspecified atom stereocenters. The number of ether oxygens (including phenoxy) is 1. The number of aryl methyl sites for hydroxylation is 1. The van der Waals surface area contributed by atoms with Crippen molar-refractivity contribution in [1.29, 1.82) is 0 Å². The molecule has 6 nitrogen and oxygen atoms in total. The molecule has 1 atom stereocenters. The molecule has 0 bridgehead atoms. The van der Waals surface area contributed by atoms with E-state index in [0.717, 1.165) is 12.0 Å². The van der Waals surface area contributed by atoms with Crippen molar-refractivity contribution in [2.45, 2.75) is 12.5 Å². The van der Waals surface area contributed by atoms with Crippen molar-refractivity contribution in [2.24, 2.45) is 12.8 Å². The standard InChI is InChI=1S/C10H16N4O2/c1-13-6-8(5-12-13)2-3-14-7-9(4-11)16-10(14)15/h5-6,9H,2-4,7,11H2,1H3. The molecule has 16 heavy (non-hydrogen) atoms. The van der Waals surface area contributed by atoms with Crippen molar-refractivity contribution in [3.63, 3.8) is 0 Å². The van der Waals surface area contributed by atoms with Crippen molar-refractivity contribution in [1.82, 2.24) is 14.7 Å². The van der Waals surface area contributed by atoms with Crippen LogP contribution in [0, 0.1) is 0 Å². The molecular weight excluding hydrogens is 208 g/mol. The molecule has 1 aliphatic heterocycles. The van der Waals surface area contributed by atoms with Gasteiger partial charge in [-0.1, -0.05) is 0 Å². The maximum Gasteiger partial charge on any atom is 0.410 e. The summed E-state index contributed by atoms with van der Waals surface area (Å²) in [7, 11) is 1.87. The minimum atomic E-state index is -0.264. The minimum Gasteiger partial charge on any atom is -0.443 e. The van der Waals surface area contributed by atoms with E-state index in [-0.39, 0.29) is 12.2 Å². The van der Waals surface area contributed by atoms with Gasteiger partial charge in [0.25, 0.3) is 0 Å². The summed E-state index contributed by atoms with van der Waals surface area (Å²) in [6, 6.07) is 0. The highest BCUT2D eigenvalue weighted by atomic mass is 16.6. The van der Waals surface area contributed by atoms with E-state index in [0.29, 0.717) is 19.6 Å². The van der Waals surface area contributed by atoms with Crippen molar-refractivity contribution in [3.8, 4) is 0 Å². The zero-order valence-corrected chi connectivity index (χ0v) is 9.30. The molecule has 88 valence electrons. The van der Waals surface area contributed by atoms with Crippen LogP contribution in [-0.4, -0.2) is 46.5 Å². The lowest BCUT2D eigenvalue weighted by atomic mass is 10.2. The summed E-state index contributed by atoms with van der Waals surface area (Å²) in [5.41, 5.74) is 6.57. The molecule has 2 N–H and O–H groups in total. The van der Waals surface area contributed by atoms with Crippen LogP contribution in [0.25, 0.3) is 0 Å². The molecule has 0 aliphatic carbocycles. The second-order valence-corrected chi connectivity index (χ2v) is 3.96. The molecule has 1 aromatic rings. The van der Waals surface area contributed by atoms with Crippen LogP contribution in [0.1, 0.15) is 5.56 Å². The normalized spacial score (nSPS) is 20.2. The average Bonchev–Trinajstić information content (AvgIpc) is 2.82. The van der Waals surface area contributed by atoms with Crippen LogP contribution in [0.3, 0.4) is 0 Å². The Hall–Kier alpha value is -1.56. The summed E-state index contributed by atoms with van der Waals surface area (Å²) in [6.07, 6.45) is 4.13. The smallest absolute Gasteiger partial charge is 0.410 e. The third kappa shape index (κ3) is 2.33. The zero-order chi connectivity index (χ0) is 11.5. The number of cyclic esters (lactones) is 1. The van der Waals surface area contributed by atoms with Crippen LogP contribution < -0.4 is 5.73 Å². The second kappa shape index (κ2) is 4.52. The summed E-state index contributed by atoms with van der Waals surface area (Å²) in [5.74, 6) is 0. The third-order valence-corrected chi connectivity index (χ3v) is 2.64. The van der Waals surface area contributed by atoms with Crippen molar-refractivity contribution in [2.75, 3.05) is 19.6 Å². The van der Waals surface area contributed by atoms with Crippen LogP contribution in [0.4, 0.5) is 4.79 Å². The Bertz CT molecular complexity index is 377. The first-order valence-corrected chi connectivity index (χ1v) is 5.32. The number of aromatic nitrogens is 2. The minimum absolute atomic E-state index is 0.151. The van der Waals surface area contributed by atoms with Gasteiger partial charge < -0.3 is 15.4 Å². The number of carbonyl (C=O) groups is 1. The maximum absolute atomic E-state index is 11.4. The fraction of sp³-hybridized carbons (Fsp3) is 0.600. The Kier molecular flexibility index (Phi) is 3.09. The Balaban J connectivity index is 1.84. The molecule has 1 saturated heterocycles. The predicted molar refractivity (Wildman–Crippen MR) is 57.8 cm³/mol. The molecular formula is C10H16N4O2. The summed E-state index contributed by atoms with van der Waals surface area (Å²) >= 11 is 0. The molecule has 0 aromatic carbocycles. The number of carbonyl (C=O) groups excluding carboxylic acids is 1. The summed E-state index contributed by atoms with van der Waals surface area (Å²) in [6.45, 7) is 1.63. The van der Waals surface area contributed by atoms with Gasteiger partial charge in [-0.05, 0) is 12.0 Å². The van der Waals surface area contributed by atoms with E-state index in [1.54, 1.807) is 9.58 Å². The number of nitrogens with two attached hydrogens (primary N) is 1. The Morgan fingerprint density at radius 1 is 1.69 bits per heavy atom. The van der Waals surface area contributed by atoms with Crippen molar-refractivity contribution < 1.29 is 9.53 Å². The van der Waals surface area contributed by atoms with E-state index >= 15 is 0 Å².